The Morgan fingerprint density at radius 2 is 1.63 bits per heavy atom. The van der Waals surface area contributed by atoms with Crippen LogP contribution in [0.15, 0.2) is 72.8 Å². The maximum Gasteiger partial charge on any atom is 0.260 e. The molecule has 1 heterocycles. The first-order valence-corrected chi connectivity index (χ1v) is 11.7. The third kappa shape index (κ3) is 6.19. The number of hydrogen-bond donors (Lipinski definition) is 1. The van der Waals surface area contributed by atoms with Crippen LogP contribution in [0.3, 0.4) is 0 Å². The van der Waals surface area contributed by atoms with Crippen LogP contribution in [0.5, 0.6) is 11.5 Å². The standard InChI is InChI=1S/C28H30N2O5/c1-20(21-8-10-23(11-9-21)22-6-4-3-5-7-22)29-28(32)24-12-13-25(26(18-24)33-2)35-19-27(31)30-14-16-34-17-15-30/h3-13,18,20H,14-17,19H2,1-2H3,(H,29,32)/t20-/m1/s1. The summed E-state index contributed by atoms with van der Waals surface area (Å²) in [6.45, 7) is 4.04. The second kappa shape index (κ2) is 11.5. The maximum atomic E-state index is 12.9. The van der Waals surface area contributed by atoms with E-state index in [2.05, 4.69) is 29.6 Å². The van der Waals surface area contributed by atoms with Gasteiger partial charge < -0.3 is 24.4 Å². The molecule has 1 atom stereocenters. The Hall–Kier alpha value is -3.84. The molecule has 7 nitrogen and oxygen atoms in total. The van der Waals surface area contributed by atoms with Gasteiger partial charge in [0.15, 0.2) is 18.1 Å². The zero-order chi connectivity index (χ0) is 24.6. The summed E-state index contributed by atoms with van der Waals surface area (Å²) in [7, 11) is 1.50. The van der Waals surface area contributed by atoms with Gasteiger partial charge in [-0.2, -0.15) is 0 Å². The van der Waals surface area contributed by atoms with Crippen LogP contribution in [0.4, 0.5) is 0 Å². The Morgan fingerprint density at radius 1 is 0.943 bits per heavy atom. The molecule has 1 saturated heterocycles. The molecule has 1 aliphatic rings. The van der Waals surface area contributed by atoms with Gasteiger partial charge in [0.25, 0.3) is 11.8 Å². The average molecular weight is 475 g/mol. The van der Waals surface area contributed by atoms with Crippen molar-refractivity contribution in [2.75, 3.05) is 40.0 Å². The second-order valence-electron chi connectivity index (χ2n) is 8.33. The molecule has 3 aromatic carbocycles. The molecule has 1 fully saturated rings. The van der Waals surface area contributed by atoms with E-state index >= 15 is 0 Å². The van der Waals surface area contributed by atoms with Crippen molar-refractivity contribution in [1.82, 2.24) is 10.2 Å². The fourth-order valence-electron chi connectivity index (χ4n) is 3.93. The van der Waals surface area contributed by atoms with Gasteiger partial charge in [0.05, 0.1) is 26.4 Å². The normalized spacial score (nSPS) is 14.2. The minimum absolute atomic E-state index is 0.0993. The third-order valence-electron chi connectivity index (χ3n) is 6.01. The highest BCUT2D eigenvalue weighted by Gasteiger charge is 2.19. The highest BCUT2D eigenvalue weighted by Crippen LogP contribution is 2.29. The van der Waals surface area contributed by atoms with Crippen LogP contribution in [0, 0.1) is 0 Å². The van der Waals surface area contributed by atoms with E-state index in [1.165, 1.54) is 7.11 Å². The lowest BCUT2D eigenvalue weighted by Crippen LogP contribution is -2.43. The van der Waals surface area contributed by atoms with Crippen LogP contribution < -0.4 is 14.8 Å². The highest BCUT2D eigenvalue weighted by atomic mass is 16.5. The highest BCUT2D eigenvalue weighted by molar-refractivity contribution is 5.95. The number of carbonyl (C=O) groups is 2. The summed E-state index contributed by atoms with van der Waals surface area (Å²) in [5.41, 5.74) is 3.73. The minimum atomic E-state index is -0.223. The number of methoxy groups -OCH3 is 1. The molecule has 1 N–H and O–H groups in total. The van der Waals surface area contributed by atoms with E-state index in [0.717, 1.165) is 16.7 Å². The van der Waals surface area contributed by atoms with Crippen LogP contribution >= 0.6 is 0 Å². The van der Waals surface area contributed by atoms with E-state index in [4.69, 9.17) is 14.2 Å². The first kappa shape index (κ1) is 24.3. The molecule has 1 aliphatic heterocycles. The number of benzene rings is 3. The fourth-order valence-corrected chi connectivity index (χ4v) is 3.93. The van der Waals surface area contributed by atoms with Crippen LogP contribution in [-0.2, 0) is 9.53 Å². The lowest BCUT2D eigenvalue weighted by molar-refractivity contribution is -0.137. The number of nitrogens with zero attached hydrogens (tertiary/aromatic N) is 1. The number of rotatable bonds is 8. The van der Waals surface area contributed by atoms with Gasteiger partial charge >= 0.3 is 0 Å². The molecule has 7 heteroatoms. The fraction of sp³-hybridized carbons (Fsp3) is 0.286. The SMILES string of the molecule is COc1cc(C(=O)N[C@H](C)c2ccc(-c3ccccc3)cc2)ccc1OCC(=O)N1CCOCC1. The Labute approximate surface area is 205 Å². The zero-order valence-corrected chi connectivity index (χ0v) is 20.0. The van der Waals surface area contributed by atoms with Crippen LogP contribution in [0.2, 0.25) is 0 Å². The van der Waals surface area contributed by atoms with E-state index in [1.54, 1.807) is 23.1 Å². The first-order valence-electron chi connectivity index (χ1n) is 11.7. The molecule has 35 heavy (non-hydrogen) atoms. The lowest BCUT2D eigenvalue weighted by atomic mass is 10.0. The summed E-state index contributed by atoms with van der Waals surface area (Å²) in [5.74, 6) is 0.477. The summed E-state index contributed by atoms with van der Waals surface area (Å²) in [4.78, 5) is 26.9. The zero-order valence-electron chi connectivity index (χ0n) is 20.0. The summed E-state index contributed by atoms with van der Waals surface area (Å²) >= 11 is 0. The summed E-state index contributed by atoms with van der Waals surface area (Å²) in [6.07, 6.45) is 0. The number of nitrogens with one attached hydrogen (secondary N) is 1. The molecular formula is C28H30N2O5. The largest absolute Gasteiger partial charge is 0.493 e. The second-order valence-corrected chi connectivity index (χ2v) is 8.33. The van der Waals surface area contributed by atoms with Crippen LogP contribution in [-0.4, -0.2) is 56.7 Å². The maximum absolute atomic E-state index is 12.9. The Morgan fingerprint density at radius 3 is 2.31 bits per heavy atom. The lowest BCUT2D eigenvalue weighted by Gasteiger charge is -2.26. The number of amides is 2. The van der Waals surface area contributed by atoms with Crippen molar-refractivity contribution in [2.45, 2.75) is 13.0 Å². The molecule has 2 amide bonds. The van der Waals surface area contributed by atoms with Crippen LogP contribution in [0.1, 0.15) is 28.9 Å². The molecule has 0 aliphatic carbocycles. The van der Waals surface area contributed by atoms with Gasteiger partial charge in [-0.05, 0) is 41.8 Å². The molecule has 0 spiro atoms. The molecule has 0 unspecified atom stereocenters. The van der Waals surface area contributed by atoms with E-state index in [0.29, 0.717) is 43.4 Å². The molecule has 0 radical (unpaired) electrons. The summed E-state index contributed by atoms with van der Waals surface area (Å²) < 4.78 is 16.4. The van der Waals surface area contributed by atoms with Gasteiger partial charge in [-0.15, -0.1) is 0 Å². The third-order valence-corrected chi connectivity index (χ3v) is 6.01. The number of ether oxygens (including phenoxy) is 3. The van der Waals surface area contributed by atoms with E-state index in [1.807, 2.05) is 37.3 Å². The van der Waals surface area contributed by atoms with Crippen molar-refractivity contribution in [3.05, 3.63) is 83.9 Å². The smallest absolute Gasteiger partial charge is 0.260 e. The molecule has 0 aromatic heterocycles. The van der Waals surface area contributed by atoms with Gasteiger partial charge in [-0.3, -0.25) is 9.59 Å². The molecule has 0 saturated carbocycles. The molecule has 4 rings (SSSR count). The van der Waals surface area contributed by atoms with Crippen molar-refractivity contribution in [3.63, 3.8) is 0 Å². The Balaban J connectivity index is 1.36. The number of carbonyl (C=O) groups excluding carboxylic acids is 2. The van der Waals surface area contributed by atoms with Gasteiger partial charge in [0.2, 0.25) is 0 Å². The average Bonchev–Trinajstić information content (AvgIpc) is 2.92. The predicted molar refractivity (Wildman–Crippen MR) is 134 cm³/mol. The number of hydrogen-bond acceptors (Lipinski definition) is 5. The van der Waals surface area contributed by atoms with Gasteiger partial charge in [-0.1, -0.05) is 54.6 Å². The summed E-state index contributed by atoms with van der Waals surface area (Å²) in [5, 5.41) is 3.03. The quantitative estimate of drug-likeness (QED) is 0.532. The molecular weight excluding hydrogens is 444 g/mol. The van der Waals surface area contributed by atoms with Gasteiger partial charge in [-0.25, -0.2) is 0 Å². The predicted octanol–water partition coefficient (Wildman–Crippen LogP) is 4.09. The van der Waals surface area contributed by atoms with Crippen molar-refractivity contribution >= 4 is 11.8 Å². The summed E-state index contributed by atoms with van der Waals surface area (Å²) in [6, 6.07) is 23.1. The van der Waals surface area contributed by atoms with Gasteiger partial charge in [0.1, 0.15) is 0 Å². The number of morpholine rings is 1. The molecule has 3 aromatic rings. The van der Waals surface area contributed by atoms with Crippen molar-refractivity contribution in [3.8, 4) is 22.6 Å². The monoisotopic (exact) mass is 474 g/mol. The van der Waals surface area contributed by atoms with Crippen molar-refractivity contribution < 1.29 is 23.8 Å². The minimum Gasteiger partial charge on any atom is -0.493 e. The van der Waals surface area contributed by atoms with E-state index < -0.39 is 0 Å². The molecule has 182 valence electrons. The van der Waals surface area contributed by atoms with E-state index in [9.17, 15) is 9.59 Å². The van der Waals surface area contributed by atoms with Crippen molar-refractivity contribution in [1.29, 1.82) is 0 Å². The topological polar surface area (TPSA) is 77.1 Å². The van der Waals surface area contributed by atoms with Crippen LogP contribution in [0.25, 0.3) is 11.1 Å². The first-order chi connectivity index (χ1) is 17.0. The van der Waals surface area contributed by atoms with Crippen molar-refractivity contribution in [2.24, 2.45) is 0 Å². The molecule has 0 bridgehead atoms. The van der Waals surface area contributed by atoms with E-state index in [-0.39, 0.29) is 24.5 Å². The Kier molecular flexibility index (Phi) is 8.00. The van der Waals surface area contributed by atoms with Gasteiger partial charge in [0, 0.05) is 18.7 Å². The Bertz CT molecular complexity index is 1140.